The van der Waals surface area contributed by atoms with E-state index < -0.39 is 12.1 Å². The largest absolute Gasteiger partial charge is 0.466 e. The lowest BCUT2D eigenvalue weighted by Crippen LogP contribution is -2.45. The summed E-state index contributed by atoms with van der Waals surface area (Å²) < 4.78 is 5.50. The van der Waals surface area contributed by atoms with Crippen LogP contribution in [-0.4, -0.2) is 47.4 Å². The Morgan fingerprint density at radius 2 is 0.562 bits per heavy atom. The number of allylic oxidation sites excluding steroid dienone is 4. The minimum atomic E-state index is -0.660. The summed E-state index contributed by atoms with van der Waals surface area (Å²) in [6, 6.07) is -0.537. The molecule has 6 heteroatoms. The molecule has 0 radical (unpaired) electrons. The molecule has 0 heterocycles. The lowest BCUT2D eigenvalue weighted by Gasteiger charge is -2.22. The molecule has 0 aliphatic heterocycles. The third-order valence-corrected chi connectivity index (χ3v) is 19.5. The van der Waals surface area contributed by atoms with E-state index in [0.29, 0.717) is 25.9 Å². The van der Waals surface area contributed by atoms with Crippen molar-refractivity contribution >= 4 is 11.9 Å². The summed E-state index contributed by atoms with van der Waals surface area (Å²) in [7, 11) is 0. The monoisotopic (exact) mass is 1250 g/mol. The maximum absolute atomic E-state index is 12.6. The number of rotatable bonds is 78. The Labute approximate surface area is 558 Å². The van der Waals surface area contributed by atoms with E-state index in [2.05, 4.69) is 43.5 Å². The van der Waals surface area contributed by atoms with E-state index in [1.54, 1.807) is 0 Å². The second kappa shape index (κ2) is 78.8. The smallest absolute Gasteiger partial charge is 0.305 e. The van der Waals surface area contributed by atoms with Crippen molar-refractivity contribution in [3.05, 3.63) is 24.3 Å². The summed E-state index contributed by atoms with van der Waals surface area (Å²) in [4.78, 5) is 24.6. The van der Waals surface area contributed by atoms with Gasteiger partial charge < -0.3 is 20.3 Å². The normalized spacial score (nSPS) is 12.5. The Morgan fingerprint density at radius 3 is 0.876 bits per heavy atom. The molecule has 2 atom stereocenters. The molecule has 89 heavy (non-hydrogen) atoms. The van der Waals surface area contributed by atoms with Crippen LogP contribution in [0.25, 0.3) is 0 Å². The first-order chi connectivity index (χ1) is 44.0. The molecule has 528 valence electrons. The van der Waals surface area contributed by atoms with E-state index in [1.807, 2.05) is 0 Å². The van der Waals surface area contributed by atoms with Gasteiger partial charge in [0, 0.05) is 12.8 Å². The van der Waals surface area contributed by atoms with Crippen LogP contribution in [0.15, 0.2) is 24.3 Å². The fourth-order valence-electron chi connectivity index (χ4n) is 13.3. The van der Waals surface area contributed by atoms with Crippen LogP contribution < -0.4 is 5.32 Å². The number of carbonyl (C=O) groups is 2. The van der Waals surface area contributed by atoms with E-state index >= 15 is 0 Å². The van der Waals surface area contributed by atoms with Crippen molar-refractivity contribution in [2.24, 2.45) is 0 Å². The predicted octanol–water partition coefficient (Wildman–Crippen LogP) is 27.2. The van der Waals surface area contributed by atoms with Crippen molar-refractivity contribution in [2.45, 2.75) is 482 Å². The molecule has 0 aromatic carbocycles. The van der Waals surface area contributed by atoms with Crippen LogP contribution in [0, 0.1) is 0 Å². The first kappa shape index (κ1) is 87.3. The van der Waals surface area contributed by atoms with E-state index in [9.17, 15) is 19.8 Å². The lowest BCUT2D eigenvalue weighted by molar-refractivity contribution is -0.143. The quantitative estimate of drug-likeness (QED) is 0.0320. The number of hydrogen-bond donors (Lipinski definition) is 3. The number of carbonyl (C=O) groups excluding carboxylic acids is 2. The van der Waals surface area contributed by atoms with Gasteiger partial charge in [-0.1, -0.05) is 423 Å². The summed E-state index contributed by atoms with van der Waals surface area (Å²) in [5.74, 6) is -0.0132. The highest BCUT2D eigenvalue weighted by atomic mass is 16.5. The summed E-state index contributed by atoms with van der Waals surface area (Å²) in [6.07, 6.45) is 102. The first-order valence-corrected chi connectivity index (χ1v) is 41.1. The number of unbranched alkanes of at least 4 members (excludes halogenated alkanes) is 63. The minimum absolute atomic E-state index is 0.0108. The Hall–Kier alpha value is -1.66. The van der Waals surface area contributed by atoms with Gasteiger partial charge in [-0.2, -0.15) is 0 Å². The Morgan fingerprint density at radius 1 is 0.315 bits per heavy atom. The lowest BCUT2D eigenvalue weighted by atomic mass is 10.0. The van der Waals surface area contributed by atoms with Crippen LogP contribution in [0.4, 0.5) is 0 Å². The average Bonchev–Trinajstić information content (AvgIpc) is 3.60. The molecular formula is C83H161NO5. The topological polar surface area (TPSA) is 95.9 Å². The highest BCUT2D eigenvalue weighted by Gasteiger charge is 2.20. The molecule has 0 saturated heterocycles. The predicted molar refractivity (Wildman–Crippen MR) is 393 cm³/mol. The van der Waals surface area contributed by atoms with E-state index in [0.717, 1.165) is 51.4 Å². The van der Waals surface area contributed by atoms with Crippen LogP contribution in [0.2, 0.25) is 0 Å². The second-order valence-corrected chi connectivity index (χ2v) is 28.5. The number of ether oxygens (including phenoxy) is 1. The van der Waals surface area contributed by atoms with Crippen LogP contribution in [-0.2, 0) is 14.3 Å². The van der Waals surface area contributed by atoms with Crippen molar-refractivity contribution in [3.63, 3.8) is 0 Å². The number of aliphatic hydroxyl groups excluding tert-OH is 2. The molecule has 0 aliphatic rings. The molecule has 0 aliphatic carbocycles. The van der Waals surface area contributed by atoms with E-state index in [1.165, 1.54) is 385 Å². The van der Waals surface area contributed by atoms with Crippen LogP contribution in [0.5, 0.6) is 0 Å². The van der Waals surface area contributed by atoms with Crippen LogP contribution in [0.3, 0.4) is 0 Å². The van der Waals surface area contributed by atoms with E-state index in [4.69, 9.17) is 4.74 Å². The standard InChI is InChI=1S/C83H161NO5/c1-3-5-7-9-11-13-15-17-19-20-44-48-51-55-59-63-67-71-75-81(86)80(79-85)84-82(87)76-72-68-64-60-56-52-49-45-42-40-38-36-34-32-30-28-26-24-22-21-23-25-27-29-31-33-35-37-39-41-43-46-50-54-58-62-66-70-74-78-89-83(88)77-73-69-65-61-57-53-47-18-16-14-12-10-8-6-4-2/h12,14,18,47,80-81,85-86H,3-11,13,15-17,19-46,48-79H2,1-2H3,(H,84,87)/b14-12-,47-18-. The summed E-state index contributed by atoms with van der Waals surface area (Å²) in [5.41, 5.74) is 0. The third-order valence-electron chi connectivity index (χ3n) is 19.5. The van der Waals surface area contributed by atoms with Gasteiger partial charge in [0.05, 0.1) is 25.4 Å². The second-order valence-electron chi connectivity index (χ2n) is 28.5. The van der Waals surface area contributed by atoms with Gasteiger partial charge in [-0.05, 0) is 57.8 Å². The number of hydrogen-bond acceptors (Lipinski definition) is 5. The van der Waals surface area contributed by atoms with Crippen molar-refractivity contribution in [3.8, 4) is 0 Å². The fraction of sp³-hybridized carbons (Fsp3) is 0.928. The van der Waals surface area contributed by atoms with Gasteiger partial charge in [0.15, 0.2) is 0 Å². The van der Waals surface area contributed by atoms with Gasteiger partial charge in [0.25, 0.3) is 0 Å². The van der Waals surface area contributed by atoms with Gasteiger partial charge in [-0.3, -0.25) is 9.59 Å². The summed E-state index contributed by atoms with van der Waals surface area (Å²) >= 11 is 0. The fourth-order valence-corrected chi connectivity index (χ4v) is 13.3. The Balaban J connectivity index is 3.29. The zero-order valence-corrected chi connectivity index (χ0v) is 60.7. The molecule has 2 unspecified atom stereocenters. The van der Waals surface area contributed by atoms with Crippen LogP contribution >= 0.6 is 0 Å². The molecule has 0 fully saturated rings. The summed E-state index contributed by atoms with van der Waals surface area (Å²) in [6.45, 7) is 4.97. The average molecular weight is 1250 g/mol. The van der Waals surface area contributed by atoms with Gasteiger partial charge in [-0.15, -0.1) is 0 Å². The van der Waals surface area contributed by atoms with Gasteiger partial charge in [0.1, 0.15) is 0 Å². The molecule has 0 aromatic rings. The molecule has 0 bridgehead atoms. The maximum atomic E-state index is 12.6. The van der Waals surface area contributed by atoms with Crippen molar-refractivity contribution < 1.29 is 24.5 Å². The molecular weight excluding hydrogens is 1090 g/mol. The zero-order chi connectivity index (χ0) is 64.2. The molecule has 0 aromatic heterocycles. The van der Waals surface area contributed by atoms with Crippen molar-refractivity contribution in [1.82, 2.24) is 5.32 Å². The number of amides is 1. The summed E-state index contributed by atoms with van der Waals surface area (Å²) in [5, 5.41) is 23.4. The maximum Gasteiger partial charge on any atom is 0.305 e. The SMILES string of the molecule is CCCCC/C=C\C/C=C\CCCCCCCC(=O)OCCCCCCCCCCCCCCCCCCCCCCCCCCCCCCCCCCCCCCCCCC(=O)NC(CO)C(O)CCCCCCCCCCCCCCCCCCCC. The highest BCUT2D eigenvalue weighted by molar-refractivity contribution is 5.76. The molecule has 6 nitrogen and oxygen atoms in total. The molecule has 0 rings (SSSR count). The Bertz CT molecular complexity index is 1400. The first-order valence-electron chi connectivity index (χ1n) is 41.1. The van der Waals surface area contributed by atoms with E-state index in [-0.39, 0.29) is 18.5 Å². The number of esters is 1. The van der Waals surface area contributed by atoms with Crippen molar-refractivity contribution in [1.29, 1.82) is 0 Å². The third kappa shape index (κ3) is 75.3. The van der Waals surface area contributed by atoms with Gasteiger partial charge >= 0.3 is 5.97 Å². The number of aliphatic hydroxyl groups is 2. The molecule has 0 spiro atoms. The minimum Gasteiger partial charge on any atom is -0.466 e. The molecule has 3 N–H and O–H groups in total. The molecule has 0 saturated carbocycles. The highest BCUT2D eigenvalue weighted by Crippen LogP contribution is 2.21. The van der Waals surface area contributed by atoms with Crippen LogP contribution in [0.1, 0.15) is 470 Å². The van der Waals surface area contributed by atoms with Gasteiger partial charge in [-0.25, -0.2) is 0 Å². The van der Waals surface area contributed by atoms with Gasteiger partial charge in [0.2, 0.25) is 5.91 Å². The zero-order valence-electron chi connectivity index (χ0n) is 60.7. The number of nitrogens with one attached hydrogen (secondary N) is 1. The Kier molecular flexibility index (Phi) is 77.3. The molecule has 1 amide bonds. The van der Waals surface area contributed by atoms with Crippen molar-refractivity contribution in [2.75, 3.05) is 13.2 Å².